The van der Waals surface area contributed by atoms with Gasteiger partial charge in [-0.05, 0) is 24.0 Å². The van der Waals surface area contributed by atoms with Gasteiger partial charge in [0.05, 0.1) is 0 Å². The number of thiocarbonyl (C=S) groups is 1. The molecule has 0 N–H and O–H groups in total. The summed E-state index contributed by atoms with van der Waals surface area (Å²) in [5, 5.41) is 0.709. The molecule has 0 radical (unpaired) electrons. The Labute approximate surface area is 155 Å². The van der Waals surface area contributed by atoms with Gasteiger partial charge in [0.1, 0.15) is 4.32 Å². The maximum Gasteiger partial charge on any atom is 0.137 e. The molecule has 0 saturated heterocycles. The zero-order valence-electron chi connectivity index (χ0n) is 14.1. The molecule has 0 aliphatic heterocycles. The van der Waals surface area contributed by atoms with Crippen molar-refractivity contribution in [1.82, 2.24) is 4.90 Å². The van der Waals surface area contributed by atoms with E-state index in [4.69, 9.17) is 12.2 Å². The van der Waals surface area contributed by atoms with Crippen molar-refractivity contribution < 1.29 is 0 Å². The molecule has 1 aliphatic rings. The van der Waals surface area contributed by atoms with E-state index in [1.165, 1.54) is 43.2 Å². The van der Waals surface area contributed by atoms with Gasteiger partial charge in [-0.15, -0.1) is 0 Å². The van der Waals surface area contributed by atoms with E-state index in [9.17, 15) is 0 Å². The second-order valence-corrected chi connectivity index (χ2v) is 8.41. The van der Waals surface area contributed by atoms with Gasteiger partial charge in [-0.2, -0.15) is 0 Å². The average molecular weight is 356 g/mol. The summed E-state index contributed by atoms with van der Waals surface area (Å²) in [4.78, 5) is 2.36. The first-order valence-electron chi connectivity index (χ1n) is 8.84. The Morgan fingerprint density at radius 2 is 1.33 bits per heavy atom. The Balaban J connectivity index is 1.69. The Morgan fingerprint density at radius 3 is 1.83 bits per heavy atom. The van der Waals surface area contributed by atoms with Gasteiger partial charge in [-0.25, -0.2) is 0 Å². The summed E-state index contributed by atoms with van der Waals surface area (Å²) in [5.41, 5.74) is 2.64. The largest absolute Gasteiger partial charge is 0.349 e. The number of thioether (sulfide) groups is 1. The lowest BCUT2D eigenvalue weighted by Crippen LogP contribution is -2.28. The normalized spacial score (nSPS) is 15.2. The molecule has 3 heteroatoms. The zero-order valence-corrected chi connectivity index (χ0v) is 15.7. The Bertz CT molecular complexity index is 579. The van der Waals surface area contributed by atoms with Crippen LogP contribution in [0.25, 0.3) is 0 Å². The van der Waals surface area contributed by atoms with Gasteiger partial charge >= 0.3 is 0 Å². The monoisotopic (exact) mass is 355 g/mol. The van der Waals surface area contributed by atoms with E-state index >= 15 is 0 Å². The van der Waals surface area contributed by atoms with Gasteiger partial charge < -0.3 is 4.90 Å². The minimum Gasteiger partial charge on any atom is -0.349 e. The van der Waals surface area contributed by atoms with Crippen LogP contribution in [0.5, 0.6) is 0 Å². The lowest BCUT2D eigenvalue weighted by molar-refractivity contribution is 0.420. The van der Waals surface area contributed by atoms with Gasteiger partial charge in [0.25, 0.3) is 0 Å². The minimum absolute atomic E-state index is 0.709. The molecule has 3 rings (SSSR count). The third-order valence-corrected chi connectivity index (χ3v) is 6.32. The van der Waals surface area contributed by atoms with Crippen LogP contribution in [0.3, 0.4) is 0 Å². The third kappa shape index (κ3) is 5.35. The molecule has 1 saturated carbocycles. The summed E-state index contributed by atoms with van der Waals surface area (Å²) in [5.74, 6) is 0. The molecule has 0 bridgehead atoms. The highest BCUT2D eigenvalue weighted by atomic mass is 32.2. The van der Waals surface area contributed by atoms with Gasteiger partial charge in [0.2, 0.25) is 0 Å². The lowest BCUT2D eigenvalue weighted by Gasteiger charge is -2.29. The van der Waals surface area contributed by atoms with E-state index in [0.29, 0.717) is 5.25 Å². The van der Waals surface area contributed by atoms with Gasteiger partial charge in [-0.1, -0.05) is 104 Å². The molecular weight excluding hydrogens is 330 g/mol. The van der Waals surface area contributed by atoms with Crippen molar-refractivity contribution in [3.63, 3.8) is 0 Å². The van der Waals surface area contributed by atoms with Crippen molar-refractivity contribution in [3.05, 3.63) is 71.8 Å². The second kappa shape index (κ2) is 9.24. The first-order chi connectivity index (χ1) is 11.8. The molecule has 1 fully saturated rings. The van der Waals surface area contributed by atoms with Crippen LogP contribution in [0.2, 0.25) is 0 Å². The molecule has 2 aromatic carbocycles. The molecule has 0 heterocycles. The van der Waals surface area contributed by atoms with E-state index in [2.05, 4.69) is 65.6 Å². The average Bonchev–Trinajstić information content (AvgIpc) is 2.64. The SMILES string of the molecule is S=C(SC1CCCCC1)N(Cc1ccccc1)Cc1ccccc1. The fourth-order valence-electron chi connectivity index (χ4n) is 3.19. The van der Waals surface area contributed by atoms with Crippen molar-refractivity contribution in [2.24, 2.45) is 0 Å². The van der Waals surface area contributed by atoms with Crippen LogP contribution >= 0.6 is 24.0 Å². The fourth-order valence-corrected chi connectivity index (χ4v) is 4.86. The van der Waals surface area contributed by atoms with Crippen molar-refractivity contribution >= 4 is 28.3 Å². The van der Waals surface area contributed by atoms with Gasteiger partial charge in [-0.3, -0.25) is 0 Å². The van der Waals surface area contributed by atoms with E-state index in [1.54, 1.807) is 0 Å². The van der Waals surface area contributed by atoms with Crippen LogP contribution in [0.4, 0.5) is 0 Å². The van der Waals surface area contributed by atoms with E-state index in [1.807, 2.05) is 11.8 Å². The maximum absolute atomic E-state index is 5.84. The topological polar surface area (TPSA) is 3.24 Å². The van der Waals surface area contributed by atoms with E-state index < -0.39 is 0 Å². The minimum atomic E-state index is 0.709. The molecule has 1 aliphatic carbocycles. The van der Waals surface area contributed by atoms with Crippen LogP contribution in [-0.4, -0.2) is 14.5 Å². The van der Waals surface area contributed by atoms with Crippen LogP contribution in [0.1, 0.15) is 43.2 Å². The third-order valence-electron chi connectivity index (χ3n) is 4.51. The van der Waals surface area contributed by atoms with Crippen LogP contribution in [0, 0.1) is 0 Å². The molecule has 0 spiro atoms. The predicted molar refractivity (Wildman–Crippen MR) is 109 cm³/mol. The maximum atomic E-state index is 5.84. The van der Waals surface area contributed by atoms with E-state index in [-0.39, 0.29) is 0 Å². The molecule has 0 atom stereocenters. The summed E-state index contributed by atoms with van der Waals surface area (Å²) < 4.78 is 1.05. The molecule has 1 nitrogen and oxygen atoms in total. The Morgan fingerprint density at radius 1 is 0.833 bits per heavy atom. The molecule has 126 valence electrons. The molecule has 0 unspecified atom stereocenters. The lowest BCUT2D eigenvalue weighted by atomic mass is 10.0. The smallest absolute Gasteiger partial charge is 0.137 e. The molecular formula is C21H25NS2. The molecule has 2 aromatic rings. The fraction of sp³-hybridized carbons (Fsp3) is 0.381. The standard InChI is InChI=1S/C21H25NS2/c23-21(24-20-14-8-3-9-15-20)22(16-18-10-4-1-5-11-18)17-19-12-6-2-7-13-19/h1-2,4-7,10-13,20H,3,8-9,14-17H2. The van der Waals surface area contributed by atoms with Crippen molar-refractivity contribution in [2.45, 2.75) is 50.4 Å². The zero-order chi connectivity index (χ0) is 16.6. The number of nitrogens with zero attached hydrogens (tertiary/aromatic N) is 1. The van der Waals surface area contributed by atoms with Crippen LogP contribution in [0.15, 0.2) is 60.7 Å². The second-order valence-electron chi connectivity index (χ2n) is 6.47. The number of benzene rings is 2. The Kier molecular flexibility index (Phi) is 6.74. The number of rotatable bonds is 5. The van der Waals surface area contributed by atoms with E-state index in [0.717, 1.165) is 17.4 Å². The van der Waals surface area contributed by atoms with Crippen LogP contribution < -0.4 is 0 Å². The highest BCUT2D eigenvalue weighted by Crippen LogP contribution is 2.31. The molecule has 0 aromatic heterocycles. The van der Waals surface area contributed by atoms with Crippen LogP contribution in [-0.2, 0) is 13.1 Å². The first kappa shape index (κ1) is 17.5. The highest BCUT2D eigenvalue weighted by Gasteiger charge is 2.19. The summed E-state index contributed by atoms with van der Waals surface area (Å²) in [6.45, 7) is 1.77. The van der Waals surface area contributed by atoms with Crippen molar-refractivity contribution in [3.8, 4) is 0 Å². The summed E-state index contributed by atoms with van der Waals surface area (Å²) in [6.07, 6.45) is 6.74. The molecule has 0 amide bonds. The van der Waals surface area contributed by atoms with Crippen molar-refractivity contribution in [1.29, 1.82) is 0 Å². The number of hydrogen-bond donors (Lipinski definition) is 0. The van der Waals surface area contributed by atoms with Gasteiger partial charge in [0.15, 0.2) is 0 Å². The summed E-state index contributed by atoms with van der Waals surface area (Å²) in [6, 6.07) is 21.3. The Hall–Kier alpha value is -1.32. The first-order valence-corrected chi connectivity index (χ1v) is 10.1. The predicted octanol–water partition coefficient (Wildman–Crippen LogP) is 6.04. The number of hydrogen-bond acceptors (Lipinski definition) is 2. The quantitative estimate of drug-likeness (QED) is 0.602. The van der Waals surface area contributed by atoms with Crippen molar-refractivity contribution in [2.75, 3.05) is 0 Å². The molecule has 24 heavy (non-hydrogen) atoms. The summed E-state index contributed by atoms with van der Waals surface area (Å²) in [7, 11) is 0. The van der Waals surface area contributed by atoms with Gasteiger partial charge in [0, 0.05) is 18.3 Å². The highest BCUT2D eigenvalue weighted by molar-refractivity contribution is 8.23. The summed E-state index contributed by atoms with van der Waals surface area (Å²) >= 11 is 7.77.